The number of anilines is 1. The van der Waals surface area contributed by atoms with Crippen LogP contribution in [0.15, 0.2) is 42.6 Å². The molecule has 1 aromatic carbocycles. The molecule has 3 heterocycles. The van der Waals surface area contributed by atoms with E-state index in [2.05, 4.69) is 47.1 Å². The Kier molecular flexibility index (Phi) is 5.51. The lowest BCUT2D eigenvalue weighted by Gasteiger charge is -2.36. The van der Waals surface area contributed by atoms with Gasteiger partial charge < -0.3 is 14.7 Å². The fourth-order valence-corrected chi connectivity index (χ4v) is 4.11. The fourth-order valence-electron chi connectivity index (χ4n) is 4.11. The van der Waals surface area contributed by atoms with Crippen molar-refractivity contribution in [2.45, 2.75) is 26.8 Å². The van der Waals surface area contributed by atoms with Crippen LogP contribution in [0.3, 0.4) is 0 Å². The lowest BCUT2D eigenvalue weighted by molar-refractivity contribution is -0.136. The van der Waals surface area contributed by atoms with Crippen LogP contribution in [0.5, 0.6) is 0 Å². The molecule has 29 heavy (non-hydrogen) atoms. The van der Waals surface area contributed by atoms with Crippen molar-refractivity contribution in [1.82, 2.24) is 14.8 Å². The van der Waals surface area contributed by atoms with Gasteiger partial charge in [0, 0.05) is 51.9 Å². The second-order valence-corrected chi connectivity index (χ2v) is 8.16. The number of hydrogen-bond donors (Lipinski definition) is 0. The van der Waals surface area contributed by atoms with Crippen molar-refractivity contribution >= 4 is 17.6 Å². The molecule has 2 aliphatic rings. The molecule has 2 aromatic rings. The number of aromatic nitrogens is 1. The minimum atomic E-state index is -0.225. The highest BCUT2D eigenvalue weighted by molar-refractivity contribution is 5.89. The van der Waals surface area contributed by atoms with Crippen molar-refractivity contribution < 1.29 is 9.59 Å². The van der Waals surface area contributed by atoms with Crippen molar-refractivity contribution in [3.8, 4) is 0 Å². The SMILES string of the molecule is Cc1ccc(CN2C[C@H](C(=O)N3CCN(c4cc(C)ccn4)CC3)CC2=O)cc1. The molecule has 2 saturated heterocycles. The van der Waals surface area contributed by atoms with Crippen LogP contribution in [0.1, 0.15) is 23.1 Å². The molecule has 0 bridgehead atoms. The van der Waals surface area contributed by atoms with E-state index in [-0.39, 0.29) is 17.7 Å². The summed E-state index contributed by atoms with van der Waals surface area (Å²) in [4.78, 5) is 35.9. The van der Waals surface area contributed by atoms with Crippen LogP contribution in [-0.4, -0.2) is 59.3 Å². The number of amides is 2. The van der Waals surface area contributed by atoms with Crippen molar-refractivity contribution in [3.63, 3.8) is 0 Å². The van der Waals surface area contributed by atoms with E-state index in [0.717, 1.165) is 24.5 Å². The van der Waals surface area contributed by atoms with E-state index in [9.17, 15) is 9.59 Å². The van der Waals surface area contributed by atoms with E-state index in [1.165, 1.54) is 11.1 Å². The zero-order valence-corrected chi connectivity index (χ0v) is 17.2. The van der Waals surface area contributed by atoms with Gasteiger partial charge in [-0.05, 0) is 37.1 Å². The number of nitrogens with zero attached hydrogens (tertiary/aromatic N) is 4. The molecular formula is C23H28N4O2. The number of carbonyl (C=O) groups is 2. The number of carbonyl (C=O) groups excluding carboxylic acids is 2. The van der Waals surface area contributed by atoms with Gasteiger partial charge in [0.1, 0.15) is 5.82 Å². The minimum absolute atomic E-state index is 0.0755. The van der Waals surface area contributed by atoms with Crippen LogP contribution >= 0.6 is 0 Å². The van der Waals surface area contributed by atoms with Crippen LogP contribution in [0.25, 0.3) is 0 Å². The first-order valence-electron chi connectivity index (χ1n) is 10.3. The highest BCUT2D eigenvalue weighted by atomic mass is 16.2. The Bertz CT molecular complexity index is 888. The Morgan fingerprint density at radius 2 is 1.76 bits per heavy atom. The third-order valence-electron chi connectivity index (χ3n) is 5.87. The summed E-state index contributed by atoms with van der Waals surface area (Å²) in [5, 5.41) is 0. The summed E-state index contributed by atoms with van der Waals surface area (Å²) < 4.78 is 0. The maximum atomic E-state index is 13.0. The first-order chi connectivity index (χ1) is 14.0. The van der Waals surface area contributed by atoms with Gasteiger partial charge in [0.15, 0.2) is 0 Å². The Morgan fingerprint density at radius 1 is 1.03 bits per heavy atom. The van der Waals surface area contributed by atoms with Gasteiger partial charge in [0.25, 0.3) is 0 Å². The van der Waals surface area contributed by atoms with Gasteiger partial charge >= 0.3 is 0 Å². The molecule has 6 heteroatoms. The van der Waals surface area contributed by atoms with Crippen LogP contribution in [0, 0.1) is 19.8 Å². The third-order valence-corrected chi connectivity index (χ3v) is 5.87. The summed E-state index contributed by atoms with van der Waals surface area (Å²) in [6.07, 6.45) is 2.15. The number of piperazine rings is 1. The van der Waals surface area contributed by atoms with Crippen molar-refractivity contribution in [1.29, 1.82) is 0 Å². The quantitative estimate of drug-likeness (QED) is 0.802. The predicted molar refractivity (Wildman–Crippen MR) is 112 cm³/mol. The smallest absolute Gasteiger partial charge is 0.228 e. The number of rotatable bonds is 4. The van der Waals surface area contributed by atoms with Gasteiger partial charge in [0.2, 0.25) is 11.8 Å². The lowest BCUT2D eigenvalue weighted by atomic mass is 10.1. The highest BCUT2D eigenvalue weighted by Crippen LogP contribution is 2.24. The Labute approximate surface area is 172 Å². The number of likely N-dealkylation sites (tertiary alicyclic amines) is 1. The van der Waals surface area contributed by atoms with E-state index in [1.54, 1.807) is 0 Å². The number of hydrogen-bond acceptors (Lipinski definition) is 4. The van der Waals surface area contributed by atoms with Crippen LogP contribution < -0.4 is 4.90 Å². The summed E-state index contributed by atoms with van der Waals surface area (Å²) in [5.74, 6) is 0.933. The largest absolute Gasteiger partial charge is 0.353 e. The van der Waals surface area contributed by atoms with E-state index < -0.39 is 0 Å². The van der Waals surface area contributed by atoms with Gasteiger partial charge in [-0.15, -0.1) is 0 Å². The third kappa shape index (κ3) is 4.42. The van der Waals surface area contributed by atoms with Gasteiger partial charge in [-0.2, -0.15) is 0 Å². The number of aryl methyl sites for hydroxylation is 2. The Balaban J connectivity index is 1.32. The van der Waals surface area contributed by atoms with E-state index in [0.29, 0.717) is 32.6 Å². The molecule has 4 rings (SSSR count). The van der Waals surface area contributed by atoms with Crippen molar-refractivity contribution in [2.75, 3.05) is 37.6 Å². The van der Waals surface area contributed by atoms with E-state index in [1.807, 2.05) is 29.0 Å². The molecule has 1 aromatic heterocycles. The van der Waals surface area contributed by atoms with Gasteiger partial charge in [-0.1, -0.05) is 29.8 Å². The molecule has 0 radical (unpaired) electrons. The first kappa shape index (κ1) is 19.4. The summed E-state index contributed by atoms with van der Waals surface area (Å²) >= 11 is 0. The van der Waals surface area contributed by atoms with Gasteiger partial charge in [0.05, 0.1) is 5.92 Å². The maximum absolute atomic E-state index is 13.0. The van der Waals surface area contributed by atoms with Crippen LogP contribution in [0.2, 0.25) is 0 Å². The molecule has 0 spiro atoms. The molecule has 2 aliphatic heterocycles. The zero-order valence-electron chi connectivity index (χ0n) is 17.2. The average molecular weight is 393 g/mol. The number of benzene rings is 1. The zero-order chi connectivity index (χ0) is 20.4. The molecule has 1 atom stereocenters. The van der Waals surface area contributed by atoms with Crippen LogP contribution in [-0.2, 0) is 16.1 Å². The summed E-state index contributed by atoms with van der Waals surface area (Å²) in [7, 11) is 0. The molecule has 6 nitrogen and oxygen atoms in total. The van der Waals surface area contributed by atoms with Crippen LogP contribution in [0.4, 0.5) is 5.82 Å². The molecule has 2 amide bonds. The minimum Gasteiger partial charge on any atom is -0.353 e. The summed E-state index contributed by atoms with van der Waals surface area (Å²) in [6.45, 7) is 8.11. The normalized spacial score (nSPS) is 19.7. The van der Waals surface area contributed by atoms with Crippen molar-refractivity contribution in [3.05, 3.63) is 59.3 Å². The predicted octanol–water partition coefficient (Wildman–Crippen LogP) is 2.40. The molecule has 2 fully saturated rings. The standard InChI is InChI=1S/C23H28N4O2/c1-17-3-5-19(6-4-17)15-27-16-20(14-22(27)28)23(29)26-11-9-25(10-12-26)21-13-18(2)7-8-24-21/h3-8,13,20H,9-12,14-16H2,1-2H3/t20-/m1/s1. The van der Waals surface area contributed by atoms with E-state index >= 15 is 0 Å². The van der Waals surface area contributed by atoms with Gasteiger partial charge in [-0.25, -0.2) is 4.98 Å². The average Bonchev–Trinajstić information content (AvgIpc) is 3.09. The Hall–Kier alpha value is -2.89. The molecule has 0 N–H and O–H groups in total. The summed E-state index contributed by atoms with van der Waals surface area (Å²) in [6, 6.07) is 12.3. The maximum Gasteiger partial charge on any atom is 0.228 e. The Morgan fingerprint density at radius 3 is 2.45 bits per heavy atom. The fraction of sp³-hybridized carbons (Fsp3) is 0.435. The number of pyridine rings is 1. The lowest BCUT2D eigenvalue weighted by Crippen LogP contribution is -2.51. The monoisotopic (exact) mass is 392 g/mol. The van der Waals surface area contributed by atoms with E-state index in [4.69, 9.17) is 0 Å². The molecule has 0 saturated carbocycles. The molecular weight excluding hydrogens is 364 g/mol. The molecule has 152 valence electrons. The topological polar surface area (TPSA) is 56.8 Å². The van der Waals surface area contributed by atoms with Crippen molar-refractivity contribution in [2.24, 2.45) is 5.92 Å². The molecule has 0 aliphatic carbocycles. The summed E-state index contributed by atoms with van der Waals surface area (Å²) in [5.41, 5.74) is 3.50. The second-order valence-electron chi connectivity index (χ2n) is 8.16. The van der Waals surface area contributed by atoms with Gasteiger partial charge in [-0.3, -0.25) is 9.59 Å². The first-order valence-corrected chi connectivity index (χ1v) is 10.3. The highest BCUT2D eigenvalue weighted by Gasteiger charge is 2.37. The molecule has 0 unspecified atom stereocenters. The second kappa shape index (κ2) is 8.23.